The number of benzene rings is 1. The summed E-state index contributed by atoms with van der Waals surface area (Å²) in [5, 5.41) is 12.6. The highest BCUT2D eigenvalue weighted by atomic mass is 16.5. The predicted molar refractivity (Wildman–Crippen MR) is 77.9 cm³/mol. The molecule has 0 aliphatic heterocycles. The first-order valence-corrected chi connectivity index (χ1v) is 7.00. The number of methoxy groups -OCH3 is 1. The van der Waals surface area contributed by atoms with Gasteiger partial charge in [-0.1, -0.05) is 19.3 Å². The second-order valence-corrected chi connectivity index (χ2v) is 5.39. The Kier molecular flexibility index (Phi) is 4.49. The van der Waals surface area contributed by atoms with Crippen LogP contribution >= 0.6 is 0 Å². The van der Waals surface area contributed by atoms with E-state index in [1.807, 2.05) is 0 Å². The average molecular weight is 278 g/mol. The fourth-order valence-corrected chi connectivity index (χ4v) is 2.78. The summed E-state index contributed by atoms with van der Waals surface area (Å²) in [6, 6.07) is 4.83. The van der Waals surface area contributed by atoms with E-state index >= 15 is 0 Å². The van der Waals surface area contributed by atoms with E-state index < -0.39 is 5.41 Å². The van der Waals surface area contributed by atoms with E-state index in [4.69, 9.17) is 10.5 Å². The molecule has 1 saturated carbocycles. The third-order valence-corrected chi connectivity index (χ3v) is 4.12. The van der Waals surface area contributed by atoms with E-state index in [2.05, 4.69) is 5.32 Å². The molecule has 0 heterocycles. The summed E-state index contributed by atoms with van der Waals surface area (Å²) in [7, 11) is 1.48. The number of hydrogen-bond donors (Lipinski definition) is 3. The van der Waals surface area contributed by atoms with Crippen molar-refractivity contribution in [1.82, 2.24) is 0 Å². The molecule has 0 radical (unpaired) electrons. The molecule has 1 aromatic carbocycles. The summed E-state index contributed by atoms with van der Waals surface area (Å²) in [6.45, 7) is 0.362. The van der Waals surface area contributed by atoms with Gasteiger partial charge in [0, 0.05) is 18.3 Å². The van der Waals surface area contributed by atoms with Crippen LogP contribution < -0.4 is 15.8 Å². The average Bonchev–Trinajstić information content (AvgIpc) is 2.48. The van der Waals surface area contributed by atoms with Crippen LogP contribution in [0.1, 0.15) is 32.1 Å². The van der Waals surface area contributed by atoms with Gasteiger partial charge in [0.1, 0.15) is 0 Å². The van der Waals surface area contributed by atoms with Crippen LogP contribution in [0.15, 0.2) is 18.2 Å². The molecule has 5 nitrogen and oxygen atoms in total. The molecular weight excluding hydrogens is 256 g/mol. The van der Waals surface area contributed by atoms with Gasteiger partial charge in [-0.2, -0.15) is 0 Å². The lowest BCUT2D eigenvalue weighted by Gasteiger charge is -2.34. The summed E-state index contributed by atoms with van der Waals surface area (Å²) in [4.78, 5) is 12.5. The molecule has 0 atom stereocenters. The number of anilines is 1. The molecule has 1 aliphatic carbocycles. The molecule has 0 saturated heterocycles. The Labute approximate surface area is 119 Å². The maximum Gasteiger partial charge on any atom is 0.231 e. The first kappa shape index (κ1) is 14.7. The summed E-state index contributed by atoms with van der Waals surface area (Å²) in [5.41, 5.74) is 5.94. The van der Waals surface area contributed by atoms with E-state index in [1.54, 1.807) is 12.1 Å². The number of carbonyl (C=O) groups is 1. The first-order valence-electron chi connectivity index (χ1n) is 7.00. The highest BCUT2D eigenvalue weighted by molar-refractivity contribution is 5.95. The fraction of sp³-hybridized carbons (Fsp3) is 0.533. The molecule has 4 N–H and O–H groups in total. The van der Waals surface area contributed by atoms with Crippen molar-refractivity contribution < 1.29 is 14.6 Å². The number of nitrogens with two attached hydrogens (primary N) is 1. The van der Waals surface area contributed by atoms with Crippen molar-refractivity contribution in [3.63, 3.8) is 0 Å². The van der Waals surface area contributed by atoms with Crippen molar-refractivity contribution in [3.05, 3.63) is 18.2 Å². The van der Waals surface area contributed by atoms with Gasteiger partial charge in [0.15, 0.2) is 11.5 Å². The minimum Gasteiger partial charge on any atom is -0.504 e. The van der Waals surface area contributed by atoms with Gasteiger partial charge >= 0.3 is 0 Å². The third-order valence-electron chi connectivity index (χ3n) is 4.12. The summed E-state index contributed by atoms with van der Waals surface area (Å²) in [6.07, 6.45) is 4.91. The zero-order chi connectivity index (χ0) is 14.6. The maximum atomic E-state index is 12.5. The Balaban J connectivity index is 2.12. The number of phenolic OH excluding ortho intramolecular Hbond substituents is 1. The van der Waals surface area contributed by atoms with Crippen LogP contribution in [-0.4, -0.2) is 24.7 Å². The Morgan fingerprint density at radius 3 is 2.65 bits per heavy atom. The molecule has 5 heteroatoms. The molecule has 0 unspecified atom stereocenters. The van der Waals surface area contributed by atoms with Crippen LogP contribution in [0.2, 0.25) is 0 Å². The Hall–Kier alpha value is -1.75. The molecule has 0 aromatic heterocycles. The summed E-state index contributed by atoms with van der Waals surface area (Å²) >= 11 is 0. The molecule has 1 fully saturated rings. The van der Waals surface area contributed by atoms with Crippen molar-refractivity contribution >= 4 is 11.6 Å². The molecule has 20 heavy (non-hydrogen) atoms. The minimum absolute atomic E-state index is 0.00995. The molecule has 0 bridgehead atoms. The fourth-order valence-electron chi connectivity index (χ4n) is 2.78. The van der Waals surface area contributed by atoms with Gasteiger partial charge in [0.2, 0.25) is 5.91 Å². The van der Waals surface area contributed by atoms with E-state index in [0.717, 1.165) is 25.7 Å². The molecular formula is C15H22N2O3. The number of hydrogen-bond acceptors (Lipinski definition) is 4. The molecule has 1 aromatic rings. The van der Waals surface area contributed by atoms with Crippen LogP contribution in [0.3, 0.4) is 0 Å². The van der Waals surface area contributed by atoms with Crippen molar-refractivity contribution in [1.29, 1.82) is 0 Å². The summed E-state index contributed by atoms with van der Waals surface area (Å²) < 4.78 is 4.98. The van der Waals surface area contributed by atoms with Gasteiger partial charge in [-0.15, -0.1) is 0 Å². The lowest BCUT2D eigenvalue weighted by atomic mass is 9.73. The largest absolute Gasteiger partial charge is 0.504 e. The van der Waals surface area contributed by atoms with Crippen LogP contribution in [0.25, 0.3) is 0 Å². The Morgan fingerprint density at radius 1 is 1.40 bits per heavy atom. The molecule has 1 amide bonds. The van der Waals surface area contributed by atoms with Crippen LogP contribution in [0.4, 0.5) is 5.69 Å². The zero-order valence-corrected chi connectivity index (χ0v) is 11.8. The van der Waals surface area contributed by atoms with Gasteiger partial charge in [0.25, 0.3) is 0 Å². The van der Waals surface area contributed by atoms with Crippen LogP contribution in [-0.2, 0) is 4.79 Å². The van der Waals surface area contributed by atoms with Crippen molar-refractivity contribution in [2.75, 3.05) is 19.0 Å². The highest BCUT2D eigenvalue weighted by Crippen LogP contribution is 2.37. The van der Waals surface area contributed by atoms with Crippen molar-refractivity contribution in [3.8, 4) is 11.5 Å². The van der Waals surface area contributed by atoms with Gasteiger partial charge < -0.3 is 20.9 Å². The van der Waals surface area contributed by atoms with E-state index in [-0.39, 0.29) is 11.7 Å². The number of carbonyl (C=O) groups excluding carboxylic acids is 1. The van der Waals surface area contributed by atoms with E-state index in [1.165, 1.54) is 19.6 Å². The maximum absolute atomic E-state index is 12.5. The predicted octanol–water partition coefficient (Wildman–Crippen LogP) is 2.25. The van der Waals surface area contributed by atoms with Crippen LogP contribution in [0.5, 0.6) is 11.5 Å². The van der Waals surface area contributed by atoms with Gasteiger partial charge in [0.05, 0.1) is 12.5 Å². The van der Waals surface area contributed by atoms with Crippen molar-refractivity contribution in [2.45, 2.75) is 32.1 Å². The lowest BCUT2D eigenvalue weighted by molar-refractivity contribution is -0.126. The topological polar surface area (TPSA) is 84.6 Å². The normalized spacial score (nSPS) is 17.5. The molecule has 1 aliphatic rings. The van der Waals surface area contributed by atoms with Crippen molar-refractivity contribution in [2.24, 2.45) is 11.1 Å². The van der Waals surface area contributed by atoms with E-state index in [0.29, 0.717) is 18.0 Å². The SMILES string of the molecule is COc1ccc(NC(=O)C2(CN)CCCCC2)cc1O. The summed E-state index contributed by atoms with van der Waals surface area (Å²) in [5.74, 6) is 0.342. The van der Waals surface area contributed by atoms with Crippen LogP contribution in [0, 0.1) is 5.41 Å². The second kappa shape index (κ2) is 6.13. The monoisotopic (exact) mass is 278 g/mol. The van der Waals surface area contributed by atoms with Gasteiger partial charge in [-0.05, 0) is 25.0 Å². The van der Waals surface area contributed by atoms with Gasteiger partial charge in [-0.25, -0.2) is 0 Å². The quantitative estimate of drug-likeness (QED) is 0.788. The molecule has 2 rings (SSSR count). The Morgan fingerprint density at radius 2 is 2.10 bits per heavy atom. The highest BCUT2D eigenvalue weighted by Gasteiger charge is 2.38. The van der Waals surface area contributed by atoms with E-state index in [9.17, 15) is 9.90 Å². The Bertz CT molecular complexity index is 482. The number of aromatic hydroxyl groups is 1. The number of phenols is 1. The number of ether oxygens (including phenoxy) is 1. The first-order chi connectivity index (χ1) is 9.61. The molecule has 110 valence electrons. The number of amides is 1. The lowest BCUT2D eigenvalue weighted by Crippen LogP contribution is -2.43. The zero-order valence-electron chi connectivity index (χ0n) is 11.8. The standard InChI is InChI=1S/C15H22N2O3/c1-20-13-6-5-11(9-12(13)18)17-14(19)15(10-16)7-3-2-4-8-15/h5-6,9,18H,2-4,7-8,10,16H2,1H3,(H,17,19). The van der Waals surface area contributed by atoms with Gasteiger partial charge in [-0.3, -0.25) is 4.79 Å². The second-order valence-electron chi connectivity index (χ2n) is 5.39. The smallest absolute Gasteiger partial charge is 0.231 e. The molecule has 0 spiro atoms. The number of rotatable bonds is 4. The number of nitrogens with one attached hydrogen (secondary N) is 1. The third kappa shape index (κ3) is 2.88. The minimum atomic E-state index is -0.464.